The molecule has 0 radical (unpaired) electrons. The van der Waals surface area contributed by atoms with Crippen molar-refractivity contribution in [2.24, 2.45) is 11.7 Å². The Kier molecular flexibility index (Phi) is 6.99. The van der Waals surface area contributed by atoms with Crippen LogP contribution in [0.4, 0.5) is 0 Å². The van der Waals surface area contributed by atoms with Crippen molar-refractivity contribution in [2.45, 2.75) is 31.8 Å². The first-order valence-electron chi connectivity index (χ1n) is 6.87. The molecule has 1 saturated heterocycles. The maximum Gasteiger partial charge on any atom is 0.224 e. The second-order valence-corrected chi connectivity index (χ2v) is 5.12. The molecule has 2 atom stereocenters. The summed E-state index contributed by atoms with van der Waals surface area (Å²) >= 11 is 0. The monoisotopic (exact) mass is 298 g/mol. The van der Waals surface area contributed by atoms with Crippen LogP contribution in [-0.2, 0) is 9.53 Å². The second kappa shape index (κ2) is 8.25. The Labute approximate surface area is 126 Å². The average molecular weight is 299 g/mol. The Morgan fingerprint density at radius 2 is 1.90 bits per heavy atom. The van der Waals surface area contributed by atoms with Crippen LogP contribution in [0.15, 0.2) is 30.3 Å². The molecule has 1 aromatic rings. The van der Waals surface area contributed by atoms with Crippen molar-refractivity contribution < 1.29 is 9.53 Å². The third-order valence-corrected chi connectivity index (χ3v) is 3.70. The Balaban J connectivity index is 0.00000200. The summed E-state index contributed by atoms with van der Waals surface area (Å²) in [5, 5.41) is 3.07. The highest BCUT2D eigenvalue weighted by Gasteiger charge is 2.24. The zero-order chi connectivity index (χ0) is 13.7. The molecule has 0 bridgehead atoms. The number of hydrogen-bond donors (Lipinski definition) is 2. The zero-order valence-corrected chi connectivity index (χ0v) is 12.6. The van der Waals surface area contributed by atoms with E-state index in [1.807, 2.05) is 37.3 Å². The number of nitrogens with two attached hydrogens (primary N) is 1. The van der Waals surface area contributed by atoms with Crippen molar-refractivity contribution in [2.75, 3.05) is 13.2 Å². The van der Waals surface area contributed by atoms with Crippen LogP contribution < -0.4 is 11.1 Å². The molecule has 20 heavy (non-hydrogen) atoms. The molecule has 0 spiro atoms. The van der Waals surface area contributed by atoms with Gasteiger partial charge in [-0.2, -0.15) is 0 Å². The normalized spacial score (nSPS) is 18.7. The Bertz CT molecular complexity index is 408. The van der Waals surface area contributed by atoms with Gasteiger partial charge in [0, 0.05) is 25.3 Å². The van der Waals surface area contributed by atoms with Crippen molar-refractivity contribution >= 4 is 18.3 Å². The van der Waals surface area contributed by atoms with Gasteiger partial charge in [0.25, 0.3) is 0 Å². The standard InChI is InChI=1S/C15H22N2O2.ClH/c1-11(14(16)12-5-3-2-4-6-12)15(18)17-13-7-9-19-10-8-13;/h2-6,11,13-14H,7-10,16H2,1H3,(H,17,18);1H. The highest BCUT2D eigenvalue weighted by Crippen LogP contribution is 2.19. The highest BCUT2D eigenvalue weighted by atomic mass is 35.5. The maximum absolute atomic E-state index is 12.2. The molecule has 2 unspecified atom stereocenters. The second-order valence-electron chi connectivity index (χ2n) is 5.12. The first-order chi connectivity index (χ1) is 9.18. The van der Waals surface area contributed by atoms with Crippen molar-refractivity contribution in [3.63, 3.8) is 0 Å². The van der Waals surface area contributed by atoms with Gasteiger partial charge in [0.05, 0.1) is 5.92 Å². The third kappa shape index (κ3) is 4.47. The van der Waals surface area contributed by atoms with Gasteiger partial charge in [0.2, 0.25) is 5.91 Å². The molecular weight excluding hydrogens is 276 g/mol. The fourth-order valence-electron chi connectivity index (χ4n) is 2.30. The van der Waals surface area contributed by atoms with Crippen LogP contribution in [-0.4, -0.2) is 25.2 Å². The Hall–Kier alpha value is -1.10. The lowest BCUT2D eigenvalue weighted by Crippen LogP contribution is -2.43. The van der Waals surface area contributed by atoms with Gasteiger partial charge < -0.3 is 15.8 Å². The summed E-state index contributed by atoms with van der Waals surface area (Å²) in [7, 11) is 0. The van der Waals surface area contributed by atoms with Gasteiger partial charge in [-0.15, -0.1) is 12.4 Å². The van der Waals surface area contributed by atoms with E-state index in [1.54, 1.807) is 0 Å². The van der Waals surface area contributed by atoms with Crippen molar-refractivity contribution in [3.8, 4) is 0 Å². The number of benzene rings is 1. The lowest BCUT2D eigenvalue weighted by atomic mass is 9.94. The first kappa shape index (κ1) is 17.0. The minimum absolute atomic E-state index is 0. The minimum Gasteiger partial charge on any atom is -0.381 e. The summed E-state index contributed by atoms with van der Waals surface area (Å²) < 4.78 is 5.28. The van der Waals surface area contributed by atoms with E-state index in [1.165, 1.54) is 0 Å². The van der Waals surface area contributed by atoms with Gasteiger partial charge in [-0.05, 0) is 18.4 Å². The molecule has 112 valence electrons. The molecular formula is C15H23ClN2O2. The molecule has 3 N–H and O–H groups in total. The van der Waals surface area contributed by atoms with E-state index >= 15 is 0 Å². The largest absolute Gasteiger partial charge is 0.381 e. The summed E-state index contributed by atoms with van der Waals surface area (Å²) in [5.74, 6) is -0.200. The third-order valence-electron chi connectivity index (χ3n) is 3.70. The Morgan fingerprint density at radius 3 is 2.50 bits per heavy atom. The number of halogens is 1. The smallest absolute Gasteiger partial charge is 0.224 e. The Morgan fingerprint density at radius 1 is 1.30 bits per heavy atom. The van der Waals surface area contributed by atoms with Crippen LogP contribution in [0.2, 0.25) is 0 Å². The first-order valence-corrected chi connectivity index (χ1v) is 6.87. The molecule has 5 heteroatoms. The molecule has 0 saturated carbocycles. The number of rotatable bonds is 4. The SMILES string of the molecule is CC(C(=O)NC1CCOCC1)C(N)c1ccccc1.Cl. The average Bonchev–Trinajstić information content (AvgIpc) is 2.47. The molecule has 1 heterocycles. The van der Waals surface area contributed by atoms with Crippen LogP contribution in [0, 0.1) is 5.92 Å². The van der Waals surface area contributed by atoms with E-state index in [4.69, 9.17) is 10.5 Å². The fourth-order valence-corrected chi connectivity index (χ4v) is 2.30. The molecule has 0 aromatic heterocycles. The zero-order valence-electron chi connectivity index (χ0n) is 11.7. The predicted molar refractivity (Wildman–Crippen MR) is 81.8 cm³/mol. The van der Waals surface area contributed by atoms with Crippen LogP contribution in [0.3, 0.4) is 0 Å². The number of carbonyl (C=O) groups is 1. The number of amides is 1. The van der Waals surface area contributed by atoms with Crippen LogP contribution in [0.1, 0.15) is 31.4 Å². The predicted octanol–water partition coefficient (Wildman–Crippen LogP) is 2.04. The van der Waals surface area contributed by atoms with E-state index in [2.05, 4.69) is 5.32 Å². The molecule has 1 aromatic carbocycles. The quantitative estimate of drug-likeness (QED) is 0.894. The van der Waals surface area contributed by atoms with Gasteiger partial charge in [-0.3, -0.25) is 4.79 Å². The topological polar surface area (TPSA) is 64.3 Å². The molecule has 0 aliphatic carbocycles. The van der Waals surface area contributed by atoms with Crippen molar-refractivity contribution in [1.82, 2.24) is 5.32 Å². The molecule has 1 aliphatic rings. The molecule has 1 fully saturated rings. The number of ether oxygens (including phenoxy) is 1. The van der Waals surface area contributed by atoms with Crippen LogP contribution in [0.25, 0.3) is 0 Å². The van der Waals surface area contributed by atoms with Crippen LogP contribution >= 0.6 is 12.4 Å². The highest BCUT2D eigenvalue weighted by molar-refractivity contribution is 5.85. The lowest BCUT2D eigenvalue weighted by Gasteiger charge is -2.26. The number of nitrogens with one attached hydrogen (secondary N) is 1. The molecule has 2 rings (SSSR count). The maximum atomic E-state index is 12.2. The van der Waals surface area contributed by atoms with E-state index in [0.717, 1.165) is 31.6 Å². The van der Waals surface area contributed by atoms with Crippen LogP contribution in [0.5, 0.6) is 0 Å². The van der Waals surface area contributed by atoms with E-state index in [9.17, 15) is 4.79 Å². The van der Waals surface area contributed by atoms with Gasteiger partial charge >= 0.3 is 0 Å². The molecule has 1 amide bonds. The molecule has 1 aliphatic heterocycles. The summed E-state index contributed by atoms with van der Waals surface area (Å²) in [4.78, 5) is 12.2. The minimum atomic E-state index is -0.263. The van der Waals surface area contributed by atoms with Gasteiger partial charge in [-0.25, -0.2) is 0 Å². The van der Waals surface area contributed by atoms with Gasteiger partial charge in [-0.1, -0.05) is 37.3 Å². The summed E-state index contributed by atoms with van der Waals surface area (Å²) in [5.41, 5.74) is 7.16. The fraction of sp³-hybridized carbons (Fsp3) is 0.533. The number of carbonyl (C=O) groups excluding carboxylic acids is 1. The van der Waals surface area contributed by atoms with E-state index in [-0.39, 0.29) is 36.3 Å². The van der Waals surface area contributed by atoms with Gasteiger partial charge in [0.1, 0.15) is 0 Å². The summed E-state index contributed by atoms with van der Waals surface area (Å²) in [6.45, 7) is 3.33. The summed E-state index contributed by atoms with van der Waals surface area (Å²) in [6, 6.07) is 9.72. The lowest BCUT2D eigenvalue weighted by molar-refractivity contribution is -0.126. The van der Waals surface area contributed by atoms with E-state index in [0.29, 0.717) is 0 Å². The van der Waals surface area contributed by atoms with Crippen molar-refractivity contribution in [1.29, 1.82) is 0 Å². The van der Waals surface area contributed by atoms with Gasteiger partial charge in [0.15, 0.2) is 0 Å². The number of hydrogen-bond acceptors (Lipinski definition) is 3. The van der Waals surface area contributed by atoms with E-state index < -0.39 is 0 Å². The molecule has 4 nitrogen and oxygen atoms in total. The summed E-state index contributed by atoms with van der Waals surface area (Å²) in [6.07, 6.45) is 1.78. The van der Waals surface area contributed by atoms with Crippen molar-refractivity contribution in [3.05, 3.63) is 35.9 Å².